The molecule has 0 spiro atoms. The molecule has 25 heavy (non-hydrogen) atoms. The number of anilines is 2. The Hall–Kier alpha value is -2.34. The Morgan fingerprint density at radius 2 is 2.16 bits per heavy atom. The average Bonchev–Trinajstić information content (AvgIpc) is 3.24. The van der Waals surface area contributed by atoms with E-state index in [1.807, 2.05) is 54.3 Å². The minimum Gasteiger partial charge on any atom is -0.423 e. The topological polar surface area (TPSA) is 58.4 Å². The van der Waals surface area contributed by atoms with E-state index in [0.717, 1.165) is 46.2 Å². The highest BCUT2D eigenvalue weighted by atomic mass is 79.9. The Balaban J connectivity index is 1.56. The Bertz CT molecular complexity index is 904. The van der Waals surface area contributed by atoms with Crippen molar-refractivity contribution in [1.82, 2.24) is 4.98 Å². The number of nitrogens with one attached hydrogen (secondary N) is 1. The smallest absolute Gasteiger partial charge is 0.299 e. The van der Waals surface area contributed by atoms with Crippen LogP contribution < -0.4 is 10.2 Å². The van der Waals surface area contributed by atoms with E-state index in [1.165, 1.54) is 0 Å². The monoisotopic (exact) mass is 399 g/mol. The minimum absolute atomic E-state index is 0.0264. The lowest BCUT2D eigenvalue weighted by molar-refractivity contribution is -0.117. The van der Waals surface area contributed by atoms with Gasteiger partial charge in [0.05, 0.1) is 0 Å². The molecule has 1 unspecified atom stereocenters. The maximum Gasteiger partial charge on any atom is 0.299 e. The van der Waals surface area contributed by atoms with Gasteiger partial charge in [-0.15, -0.1) is 0 Å². The summed E-state index contributed by atoms with van der Waals surface area (Å²) in [5.74, 6) is -0.0264. The van der Waals surface area contributed by atoms with Crippen molar-refractivity contribution in [2.24, 2.45) is 0 Å². The van der Waals surface area contributed by atoms with Crippen molar-refractivity contribution in [3.63, 3.8) is 0 Å². The third-order valence-corrected chi connectivity index (χ3v) is 5.40. The molecule has 0 saturated carbocycles. The summed E-state index contributed by atoms with van der Waals surface area (Å²) in [6, 6.07) is 13.7. The zero-order valence-electron chi connectivity index (χ0n) is 13.8. The summed E-state index contributed by atoms with van der Waals surface area (Å²) in [5, 5.41) is 3.01. The van der Waals surface area contributed by atoms with E-state index < -0.39 is 0 Å². The molecular formula is C19H18BrN3O2. The molecule has 0 bridgehead atoms. The molecule has 1 aliphatic rings. The van der Waals surface area contributed by atoms with Crippen molar-refractivity contribution in [2.45, 2.75) is 25.8 Å². The van der Waals surface area contributed by atoms with E-state index in [-0.39, 0.29) is 11.9 Å². The van der Waals surface area contributed by atoms with Crippen LogP contribution in [0.3, 0.4) is 0 Å². The van der Waals surface area contributed by atoms with Gasteiger partial charge in [0, 0.05) is 16.7 Å². The molecule has 0 aliphatic carbocycles. The number of carbonyl (C=O) groups excluding carboxylic acids is 1. The molecular weight excluding hydrogens is 382 g/mol. The molecule has 0 radical (unpaired) electrons. The normalized spacial score (nSPS) is 17.2. The maximum absolute atomic E-state index is 12.8. The summed E-state index contributed by atoms with van der Waals surface area (Å²) in [5.41, 5.74) is 3.44. The van der Waals surface area contributed by atoms with E-state index in [1.54, 1.807) is 0 Å². The summed E-state index contributed by atoms with van der Waals surface area (Å²) < 4.78 is 6.87. The Labute approximate surface area is 154 Å². The Morgan fingerprint density at radius 1 is 1.32 bits per heavy atom. The van der Waals surface area contributed by atoms with Gasteiger partial charge in [0.25, 0.3) is 6.01 Å². The van der Waals surface area contributed by atoms with Gasteiger partial charge in [-0.3, -0.25) is 4.79 Å². The molecule has 1 atom stereocenters. The number of carbonyl (C=O) groups is 1. The summed E-state index contributed by atoms with van der Waals surface area (Å²) in [6.07, 6.45) is 1.73. The van der Waals surface area contributed by atoms with E-state index in [2.05, 4.69) is 26.2 Å². The fourth-order valence-corrected chi connectivity index (χ4v) is 3.45. The van der Waals surface area contributed by atoms with Gasteiger partial charge in [-0.2, -0.15) is 4.98 Å². The minimum atomic E-state index is -0.267. The molecule has 6 heteroatoms. The van der Waals surface area contributed by atoms with Crippen molar-refractivity contribution in [2.75, 3.05) is 16.8 Å². The molecule has 5 nitrogen and oxygen atoms in total. The number of halogens is 1. The second-order valence-corrected chi connectivity index (χ2v) is 7.12. The molecule has 128 valence electrons. The highest BCUT2D eigenvalue weighted by Gasteiger charge is 2.33. The van der Waals surface area contributed by atoms with E-state index >= 15 is 0 Å². The van der Waals surface area contributed by atoms with Crippen LogP contribution in [0.2, 0.25) is 0 Å². The first-order valence-corrected chi connectivity index (χ1v) is 9.10. The van der Waals surface area contributed by atoms with E-state index in [4.69, 9.17) is 4.42 Å². The van der Waals surface area contributed by atoms with Crippen molar-refractivity contribution < 1.29 is 9.21 Å². The van der Waals surface area contributed by atoms with Gasteiger partial charge in [-0.05, 0) is 55.7 Å². The molecule has 1 saturated heterocycles. The lowest BCUT2D eigenvalue weighted by atomic mass is 10.2. The molecule has 1 fully saturated rings. The molecule has 1 aliphatic heterocycles. The number of para-hydroxylation sites is 2. The first kappa shape index (κ1) is 16.1. The van der Waals surface area contributed by atoms with Crippen LogP contribution in [0.25, 0.3) is 11.1 Å². The van der Waals surface area contributed by atoms with Crippen molar-refractivity contribution in [3.05, 3.63) is 52.5 Å². The quantitative estimate of drug-likeness (QED) is 0.703. The Kier molecular flexibility index (Phi) is 4.21. The molecule has 1 amide bonds. The van der Waals surface area contributed by atoms with Gasteiger partial charge in [0.15, 0.2) is 5.58 Å². The van der Waals surface area contributed by atoms with Gasteiger partial charge < -0.3 is 14.6 Å². The molecule has 1 aromatic heterocycles. The standard InChI is InChI=1S/C19H18BrN3O2/c1-12-11-13(8-9-14(12)20)21-18(24)16-6-4-10-23(16)19-22-15-5-2-3-7-17(15)25-19/h2-3,5,7-9,11,16H,4,6,10H2,1H3,(H,21,24). The number of hydrogen-bond donors (Lipinski definition) is 1. The predicted molar refractivity (Wildman–Crippen MR) is 102 cm³/mol. The van der Waals surface area contributed by atoms with Gasteiger partial charge >= 0.3 is 0 Å². The molecule has 2 heterocycles. The lowest BCUT2D eigenvalue weighted by Gasteiger charge is -2.22. The summed E-state index contributed by atoms with van der Waals surface area (Å²) in [4.78, 5) is 19.3. The summed E-state index contributed by atoms with van der Waals surface area (Å²) >= 11 is 3.48. The third-order valence-electron chi connectivity index (χ3n) is 4.51. The van der Waals surface area contributed by atoms with Crippen LogP contribution in [-0.2, 0) is 4.79 Å². The number of rotatable bonds is 3. The maximum atomic E-state index is 12.8. The number of benzene rings is 2. The highest BCUT2D eigenvalue weighted by Crippen LogP contribution is 2.29. The van der Waals surface area contributed by atoms with Crippen molar-refractivity contribution in [1.29, 1.82) is 0 Å². The van der Waals surface area contributed by atoms with Crippen LogP contribution in [0.4, 0.5) is 11.7 Å². The van der Waals surface area contributed by atoms with Crippen LogP contribution >= 0.6 is 15.9 Å². The number of nitrogens with zero attached hydrogens (tertiary/aromatic N) is 2. The third kappa shape index (κ3) is 3.14. The first-order valence-electron chi connectivity index (χ1n) is 8.31. The van der Waals surface area contributed by atoms with E-state index in [0.29, 0.717) is 6.01 Å². The zero-order valence-corrected chi connectivity index (χ0v) is 15.4. The zero-order chi connectivity index (χ0) is 17.4. The van der Waals surface area contributed by atoms with Crippen LogP contribution in [0.1, 0.15) is 18.4 Å². The van der Waals surface area contributed by atoms with Crippen LogP contribution in [-0.4, -0.2) is 23.5 Å². The number of oxazole rings is 1. The average molecular weight is 400 g/mol. The number of aromatic nitrogens is 1. The van der Waals surface area contributed by atoms with Gasteiger partial charge in [-0.25, -0.2) is 0 Å². The SMILES string of the molecule is Cc1cc(NC(=O)C2CCCN2c2nc3ccccc3o2)ccc1Br. The number of amides is 1. The number of hydrogen-bond acceptors (Lipinski definition) is 4. The van der Waals surface area contributed by atoms with Crippen molar-refractivity contribution in [3.8, 4) is 0 Å². The molecule has 3 aromatic rings. The Morgan fingerprint density at radius 3 is 2.96 bits per heavy atom. The summed E-state index contributed by atoms with van der Waals surface area (Å²) in [7, 11) is 0. The number of aryl methyl sites for hydroxylation is 1. The molecule has 1 N–H and O–H groups in total. The molecule has 2 aromatic carbocycles. The van der Waals surface area contributed by atoms with Gasteiger partial charge in [0.1, 0.15) is 11.6 Å². The van der Waals surface area contributed by atoms with Gasteiger partial charge in [0.2, 0.25) is 5.91 Å². The largest absolute Gasteiger partial charge is 0.423 e. The summed E-state index contributed by atoms with van der Waals surface area (Å²) in [6.45, 7) is 2.77. The number of fused-ring (bicyclic) bond motifs is 1. The van der Waals surface area contributed by atoms with Gasteiger partial charge in [-0.1, -0.05) is 28.1 Å². The van der Waals surface area contributed by atoms with E-state index in [9.17, 15) is 4.79 Å². The second kappa shape index (κ2) is 6.52. The molecule has 4 rings (SSSR count). The van der Waals surface area contributed by atoms with Crippen molar-refractivity contribution >= 4 is 44.6 Å². The second-order valence-electron chi connectivity index (χ2n) is 6.27. The van der Waals surface area contributed by atoms with Crippen LogP contribution in [0, 0.1) is 6.92 Å². The van der Waals surface area contributed by atoms with Crippen LogP contribution in [0.5, 0.6) is 0 Å². The fraction of sp³-hybridized carbons (Fsp3) is 0.263. The highest BCUT2D eigenvalue weighted by molar-refractivity contribution is 9.10. The fourth-order valence-electron chi connectivity index (χ4n) is 3.20. The lowest BCUT2D eigenvalue weighted by Crippen LogP contribution is -2.39. The van der Waals surface area contributed by atoms with Crippen LogP contribution in [0.15, 0.2) is 51.4 Å². The predicted octanol–water partition coefficient (Wildman–Crippen LogP) is 4.51. The first-order chi connectivity index (χ1) is 12.1.